The van der Waals surface area contributed by atoms with Crippen molar-refractivity contribution in [1.82, 2.24) is 14.9 Å². The van der Waals surface area contributed by atoms with Crippen LogP contribution in [0.15, 0.2) is 24.3 Å². The molecule has 2 bridgehead atoms. The first-order valence-corrected chi connectivity index (χ1v) is 21.6. The van der Waals surface area contributed by atoms with Crippen LogP contribution in [-0.2, 0) is 34.5 Å². The highest BCUT2D eigenvalue weighted by Crippen LogP contribution is 2.66. The highest BCUT2D eigenvalue weighted by Gasteiger charge is 2.66. The van der Waals surface area contributed by atoms with Crippen LogP contribution >= 0.6 is 0 Å². The van der Waals surface area contributed by atoms with Gasteiger partial charge in [0.1, 0.15) is 19.7 Å². The number of nitrogens with zero attached hydrogens (tertiary/aromatic N) is 2. The van der Waals surface area contributed by atoms with Gasteiger partial charge in [-0.25, -0.2) is 25.3 Å². The second kappa shape index (κ2) is 12.7. The smallest absolute Gasteiger partial charge is 0.237 e. The molecule has 2 saturated heterocycles. The second-order valence-electron chi connectivity index (χ2n) is 14.4. The molecular weight excluding hydrogens is 637 g/mol. The number of hydrogen-bond donors (Lipinski definition) is 2. The van der Waals surface area contributed by atoms with Crippen molar-refractivity contribution in [3.8, 4) is 0 Å². The van der Waals surface area contributed by atoms with Crippen LogP contribution in [0.1, 0.15) is 57.9 Å². The Hall–Kier alpha value is -1.74. The summed E-state index contributed by atoms with van der Waals surface area (Å²) in [5.41, 5.74) is 1.32. The normalized spacial score (nSPS) is 29.5. The Kier molecular flexibility index (Phi) is 9.76. The van der Waals surface area contributed by atoms with E-state index in [-0.39, 0.29) is 58.8 Å². The first-order valence-electron chi connectivity index (χ1n) is 16.2. The summed E-state index contributed by atoms with van der Waals surface area (Å²) >= 11 is 0. The highest BCUT2D eigenvalue weighted by atomic mass is 32.2. The number of carbonyl (C=O) groups excluding carboxylic acids is 1. The molecule has 1 aromatic carbocycles. The number of nitrogens with one attached hydrogen (secondary N) is 2. The molecule has 254 valence electrons. The van der Waals surface area contributed by atoms with Gasteiger partial charge in [0.25, 0.3) is 0 Å². The lowest BCUT2D eigenvalue weighted by Gasteiger charge is -2.45. The van der Waals surface area contributed by atoms with Crippen molar-refractivity contribution in [3.05, 3.63) is 29.8 Å². The summed E-state index contributed by atoms with van der Waals surface area (Å²) in [7, 11) is -10.1. The van der Waals surface area contributed by atoms with E-state index in [2.05, 4.69) is 48.4 Å². The summed E-state index contributed by atoms with van der Waals surface area (Å²) in [5.74, 6) is -0.240. The maximum Gasteiger partial charge on any atom is 0.237 e. The average Bonchev–Trinajstić information content (AvgIpc) is 3.31. The molecule has 0 radical (unpaired) electrons. The Morgan fingerprint density at radius 1 is 1.02 bits per heavy atom. The number of benzene rings is 1. The van der Waals surface area contributed by atoms with E-state index >= 15 is 0 Å². The standard InChI is InChI=1S/C31H50N4O7S3/c1-23-7-5-6-8-27(23)34-14-16-35(17-15-34)45(41,42)22-31-13-9-24(30(31,2)3)21-28(31)33-29(36)26(12-18-43(4,37)38)32-25-10-19-44(39,40)20-11-25/h5-8,24-26,28,32H,9-22H2,1-4H3,(H,33,36)/t24?,26-,28?,31?/m0/s1. The van der Waals surface area contributed by atoms with E-state index in [1.807, 2.05) is 12.1 Å². The Labute approximate surface area is 269 Å². The minimum Gasteiger partial charge on any atom is -0.369 e. The lowest BCUT2D eigenvalue weighted by Crippen LogP contribution is -2.59. The topological polar surface area (TPSA) is 150 Å². The molecule has 2 aliphatic carbocycles. The molecule has 1 amide bonds. The lowest BCUT2D eigenvalue weighted by atomic mass is 9.69. The van der Waals surface area contributed by atoms with Crippen LogP contribution in [-0.4, -0.2) is 109 Å². The quantitative estimate of drug-likeness (QED) is 0.355. The van der Waals surface area contributed by atoms with Gasteiger partial charge in [-0.1, -0.05) is 32.0 Å². The number of piperazine rings is 1. The molecule has 1 aromatic rings. The Bertz CT molecular complexity index is 1570. The lowest BCUT2D eigenvalue weighted by molar-refractivity contribution is -0.125. The van der Waals surface area contributed by atoms with Gasteiger partial charge in [0.2, 0.25) is 15.9 Å². The van der Waals surface area contributed by atoms with E-state index < -0.39 is 41.2 Å². The molecule has 4 fully saturated rings. The van der Waals surface area contributed by atoms with Gasteiger partial charge in [-0.05, 0) is 68.4 Å². The Morgan fingerprint density at radius 2 is 1.67 bits per heavy atom. The predicted molar refractivity (Wildman–Crippen MR) is 177 cm³/mol. The van der Waals surface area contributed by atoms with E-state index in [0.717, 1.165) is 23.9 Å². The van der Waals surface area contributed by atoms with Crippen LogP contribution in [0, 0.1) is 23.7 Å². The molecule has 2 heterocycles. The molecule has 2 N–H and O–H groups in total. The number of aryl methyl sites for hydroxylation is 1. The van der Waals surface area contributed by atoms with Gasteiger partial charge >= 0.3 is 0 Å². The number of rotatable bonds is 11. The van der Waals surface area contributed by atoms with E-state index in [9.17, 15) is 30.0 Å². The summed E-state index contributed by atoms with van der Waals surface area (Å²) in [5, 5.41) is 6.47. The third-order valence-electron chi connectivity index (χ3n) is 11.4. The highest BCUT2D eigenvalue weighted by molar-refractivity contribution is 7.91. The first-order chi connectivity index (χ1) is 20.9. The number of hydrogen-bond acceptors (Lipinski definition) is 9. The number of fused-ring (bicyclic) bond motifs is 2. The number of para-hydroxylation sites is 1. The van der Waals surface area contributed by atoms with Gasteiger partial charge in [-0.2, -0.15) is 4.31 Å². The van der Waals surface area contributed by atoms with Crippen molar-refractivity contribution in [2.24, 2.45) is 16.7 Å². The van der Waals surface area contributed by atoms with Crippen molar-refractivity contribution in [2.75, 3.05) is 60.3 Å². The largest absolute Gasteiger partial charge is 0.369 e. The molecule has 45 heavy (non-hydrogen) atoms. The van der Waals surface area contributed by atoms with Crippen molar-refractivity contribution in [3.63, 3.8) is 0 Å². The number of anilines is 1. The summed E-state index contributed by atoms with van der Waals surface area (Å²) in [4.78, 5) is 16.1. The minimum absolute atomic E-state index is 0.0315. The molecule has 2 saturated carbocycles. The fourth-order valence-electron chi connectivity index (χ4n) is 8.40. The third-order valence-corrected chi connectivity index (χ3v) is 16.1. The molecule has 5 rings (SSSR count). The molecule has 2 aliphatic heterocycles. The van der Waals surface area contributed by atoms with Gasteiger partial charge in [0, 0.05) is 55.6 Å². The van der Waals surface area contributed by atoms with Crippen LogP contribution in [0.5, 0.6) is 0 Å². The fourth-order valence-corrected chi connectivity index (χ4v) is 12.8. The number of amides is 1. The average molecular weight is 687 g/mol. The van der Waals surface area contributed by atoms with Gasteiger partial charge < -0.3 is 15.5 Å². The van der Waals surface area contributed by atoms with Gasteiger partial charge in [0.05, 0.1) is 29.1 Å². The molecule has 4 aliphatic rings. The van der Waals surface area contributed by atoms with Gasteiger partial charge in [-0.3, -0.25) is 4.79 Å². The van der Waals surface area contributed by atoms with Crippen LogP contribution < -0.4 is 15.5 Å². The Balaban J connectivity index is 1.30. The van der Waals surface area contributed by atoms with E-state index in [1.54, 1.807) is 4.31 Å². The van der Waals surface area contributed by atoms with Crippen LogP contribution in [0.2, 0.25) is 0 Å². The molecule has 3 unspecified atom stereocenters. The zero-order valence-corrected chi connectivity index (χ0v) is 29.4. The van der Waals surface area contributed by atoms with E-state index in [4.69, 9.17) is 0 Å². The molecule has 4 atom stereocenters. The molecular formula is C31H50N4O7S3. The number of sulfone groups is 2. The third kappa shape index (κ3) is 7.39. The maximum atomic E-state index is 14.1. The summed E-state index contributed by atoms with van der Waals surface area (Å²) in [6.07, 6.45) is 4.20. The van der Waals surface area contributed by atoms with Crippen molar-refractivity contribution in [2.45, 2.75) is 77.4 Å². The van der Waals surface area contributed by atoms with Crippen molar-refractivity contribution >= 4 is 41.3 Å². The molecule has 14 heteroatoms. The molecule has 0 aromatic heterocycles. The number of sulfonamides is 1. The second-order valence-corrected chi connectivity index (χ2v) is 20.9. The van der Waals surface area contributed by atoms with E-state index in [1.165, 1.54) is 0 Å². The SMILES string of the molecule is Cc1ccccc1N1CCN(S(=O)(=O)CC23CCC(CC2NC(=O)[C@H](CCS(C)(=O)=O)NC2CCS(=O)(=O)CC2)C3(C)C)CC1. The minimum atomic E-state index is -3.65. The maximum absolute atomic E-state index is 14.1. The van der Waals surface area contributed by atoms with Crippen LogP contribution in [0.3, 0.4) is 0 Å². The predicted octanol–water partition coefficient (Wildman–Crippen LogP) is 1.73. The molecule has 0 spiro atoms. The molecule has 11 nitrogen and oxygen atoms in total. The monoisotopic (exact) mass is 686 g/mol. The van der Waals surface area contributed by atoms with Crippen LogP contribution in [0.25, 0.3) is 0 Å². The van der Waals surface area contributed by atoms with Gasteiger partial charge in [0.15, 0.2) is 0 Å². The van der Waals surface area contributed by atoms with Crippen molar-refractivity contribution < 1.29 is 30.0 Å². The summed E-state index contributed by atoms with van der Waals surface area (Å²) < 4.78 is 77.8. The summed E-state index contributed by atoms with van der Waals surface area (Å²) in [6.45, 7) is 8.35. The first kappa shape index (κ1) is 34.6. The van der Waals surface area contributed by atoms with Gasteiger partial charge in [-0.15, -0.1) is 0 Å². The van der Waals surface area contributed by atoms with Crippen LogP contribution in [0.4, 0.5) is 5.69 Å². The van der Waals surface area contributed by atoms with E-state index in [0.29, 0.717) is 51.9 Å². The number of carbonyl (C=O) groups is 1. The Morgan fingerprint density at radius 3 is 2.27 bits per heavy atom. The fraction of sp³-hybridized carbons (Fsp3) is 0.774. The zero-order valence-electron chi connectivity index (χ0n) is 27.0. The zero-order chi connectivity index (χ0) is 32.8. The van der Waals surface area contributed by atoms with Crippen molar-refractivity contribution in [1.29, 1.82) is 0 Å². The summed E-state index contributed by atoms with van der Waals surface area (Å²) in [6, 6.07) is 6.72.